The maximum absolute atomic E-state index is 10.6. The van der Waals surface area contributed by atoms with Crippen LogP contribution in [0.25, 0.3) is 0 Å². The van der Waals surface area contributed by atoms with Gasteiger partial charge >= 0.3 is 5.97 Å². The number of aromatic amines is 1. The van der Waals surface area contributed by atoms with Crippen LogP contribution in [0.2, 0.25) is 0 Å². The topological polar surface area (TPSA) is 53.1 Å². The van der Waals surface area contributed by atoms with E-state index < -0.39 is 5.97 Å². The molecule has 0 saturated carbocycles. The third-order valence-electron chi connectivity index (χ3n) is 1.87. The number of carboxylic acid groups (broad SMARTS) is 1. The molecule has 15 heavy (non-hydrogen) atoms. The second kappa shape index (κ2) is 4.23. The quantitative estimate of drug-likeness (QED) is 0.834. The van der Waals surface area contributed by atoms with Crippen LogP contribution in [-0.4, -0.2) is 16.1 Å². The summed E-state index contributed by atoms with van der Waals surface area (Å²) < 4.78 is 0. The van der Waals surface area contributed by atoms with Gasteiger partial charge in [-0.2, -0.15) is 0 Å². The fraction of sp³-hybridized carbons (Fsp3) is 0. The van der Waals surface area contributed by atoms with Crippen molar-refractivity contribution in [3.8, 4) is 0 Å². The molecular formula is C11H9NO2S. The van der Waals surface area contributed by atoms with Gasteiger partial charge in [-0.25, -0.2) is 4.79 Å². The maximum atomic E-state index is 10.6. The smallest absolute Gasteiger partial charge is 0.337 e. The van der Waals surface area contributed by atoms with E-state index in [0.29, 0.717) is 0 Å². The number of aromatic nitrogens is 1. The molecule has 0 atom stereocenters. The molecule has 2 rings (SSSR count). The minimum absolute atomic E-state index is 0.286. The summed E-state index contributed by atoms with van der Waals surface area (Å²) in [5.41, 5.74) is 0.286. The third-order valence-corrected chi connectivity index (χ3v) is 2.84. The summed E-state index contributed by atoms with van der Waals surface area (Å²) in [5, 5.41) is 9.57. The number of rotatable bonds is 3. The summed E-state index contributed by atoms with van der Waals surface area (Å²) in [4.78, 5) is 14.6. The molecule has 3 nitrogen and oxygen atoms in total. The normalized spacial score (nSPS) is 10.1. The Hall–Kier alpha value is -1.68. The van der Waals surface area contributed by atoms with Gasteiger partial charge in [0.05, 0.1) is 10.6 Å². The second-order valence-corrected chi connectivity index (χ2v) is 4.09. The highest BCUT2D eigenvalue weighted by Crippen LogP contribution is 2.26. The average molecular weight is 219 g/mol. The standard InChI is InChI=1S/C11H9NO2S/c13-11(14)8-6-10(12-7-8)15-9-4-2-1-3-5-9/h1-7,12H,(H,13,14). The lowest BCUT2D eigenvalue weighted by molar-refractivity contribution is 0.0697. The molecule has 0 unspecified atom stereocenters. The number of hydrogen-bond acceptors (Lipinski definition) is 2. The largest absolute Gasteiger partial charge is 0.478 e. The second-order valence-electron chi connectivity index (χ2n) is 2.97. The van der Waals surface area contributed by atoms with Crippen molar-refractivity contribution in [3.63, 3.8) is 0 Å². The van der Waals surface area contributed by atoms with Crippen LogP contribution in [-0.2, 0) is 0 Å². The van der Waals surface area contributed by atoms with Gasteiger partial charge in [0, 0.05) is 11.1 Å². The summed E-state index contributed by atoms with van der Waals surface area (Å²) in [5.74, 6) is -0.911. The number of H-pyrrole nitrogens is 1. The van der Waals surface area contributed by atoms with Gasteiger partial charge in [0.25, 0.3) is 0 Å². The molecule has 4 heteroatoms. The molecule has 1 aromatic carbocycles. The lowest BCUT2D eigenvalue weighted by atomic mass is 10.4. The van der Waals surface area contributed by atoms with E-state index in [1.165, 1.54) is 18.0 Å². The zero-order valence-electron chi connectivity index (χ0n) is 7.81. The molecule has 0 aliphatic rings. The first-order valence-electron chi connectivity index (χ1n) is 4.40. The van der Waals surface area contributed by atoms with E-state index in [0.717, 1.165) is 9.92 Å². The summed E-state index contributed by atoms with van der Waals surface area (Å²) >= 11 is 1.51. The van der Waals surface area contributed by atoms with Crippen LogP contribution in [0.3, 0.4) is 0 Å². The van der Waals surface area contributed by atoms with E-state index in [9.17, 15) is 4.79 Å². The predicted octanol–water partition coefficient (Wildman–Crippen LogP) is 2.86. The van der Waals surface area contributed by atoms with Gasteiger partial charge < -0.3 is 10.1 Å². The van der Waals surface area contributed by atoms with Crippen molar-refractivity contribution < 1.29 is 9.90 Å². The van der Waals surface area contributed by atoms with Gasteiger partial charge in [-0.15, -0.1) is 0 Å². The van der Waals surface area contributed by atoms with Gasteiger partial charge in [0.15, 0.2) is 0 Å². The Labute approximate surface area is 91.1 Å². The highest BCUT2D eigenvalue weighted by Gasteiger charge is 2.06. The van der Waals surface area contributed by atoms with Crippen LogP contribution in [0, 0.1) is 0 Å². The molecule has 0 spiro atoms. The molecular weight excluding hydrogens is 210 g/mol. The van der Waals surface area contributed by atoms with Crippen LogP contribution in [0.4, 0.5) is 0 Å². The van der Waals surface area contributed by atoms with Crippen LogP contribution in [0.15, 0.2) is 52.5 Å². The highest BCUT2D eigenvalue weighted by atomic mass is 32.2. The average Bonchev–Trinajstić information content (AvgIpc) is 2.68. The van der Waals surface area contributed by atoms with Crippen molar-refractivity contribution in [2.75, 3.05) is 0 Å². The highest BCUT2D eigenvalue weighted by molar-refractivity contribution is 7.99. The maximum Gasteiger partial charge on any atom is 0.337 e. The predicted molar refractivity (Wildman–Crippen MR) is 58.3 cm³/mol. The fourth-order valence-corrected chi connectivity index (χ4v) is 2.02. The number of carbonyl (C=O) groups is 1. The SMILES string of the molecule is O=C(O)c1c[nH]c(Sc2ccccc2)c1. The first-order valence-corrected chi connectivity index (χ1v) is 5.22. The van der Waals surface area contributed by atoms with Crippen LogP contribution >= 0.6 is 11.8 Å². The monoisotopic (exact) mass is 219 g/mol. The van der Waals surface area contributed by atoms with Gasteiger partial charge in [-0.1, -0.05) is 30.0 Å². The minimum Gasteiger partial charge on any atom is -0.478 e. The van der Waals surface area contributed by atoms with Crippen molar-refractivity contribution in [3.05, 3.63) is 48.2 Å². The summed E-state index contributed by atoms with van der Waals surface area (Å²) in [6.07, 6.45) is 1.49. The van der Waals surface area contributed by atoms with Gasteiger partial charge in [-0.05, 0) is 18.2 Å². The van der Waals surface area contributed by atoms with Crippen molar-refractivity contribution in [1.29, 1.82) is 0 Å². The molecule has 1 heterocycles. The Morgan fingerprint density at radius 3 is 2.60 bits per heavy atom. The van der Waals surface area contributed by atoms with E-state index in [1.807, 2.05) is 30.3 Å². The molecule has 0 fully saturated rings. The van der Waals surface area contributed by atoms with E-state index in [-0.39, 0.29) is 5.56 Å². The molecule has 0 bridgehead atoms. The Morgan fingerprint density at radius 1 is 1.27 bits per heavy atom. The Bertz CT molecular complexity index is 464. The molecule has 0 aliphatic carbocycles. The van der Waals surface area contributed by atoms with Crippen LogP contribution < -0.4 is 0 Å². The molecule has 2 N–H and O–H groups in total. The van der Waals surface area contributed by atoms with E-state index in [4.69, 9.17) is 5.11 Å². The lowest BCUT2D eigenvalue weighted by Gasteiger charge is -1.96. The first-order chi connectivity index (χ1) is 7.25. The summed E-state index contributed by atoms with van der Waals surface area (Å²) in [6.45, 7) is 0. The first kappa shape index (κ1) is 9.86. The molecule has 1 aromatic heterocycles. The van der Waals surface area contributed by atoms with Crippen LogP contribution in [0.5, 0.6) is 0 Å². The molecule has 0 radical (unpaired) electrons. The minimum atomic E-state index is -0.911. The molecule has 2 aromatic rings. The molecule has 0 amide bonds. The molecule has 76 valence electrons. The van der Waals surface area contributed by atoms with Gasteiger partial charge in [0.2, 0.25) is 0 Å². The van der Waals surface area contributed by atoms with Crippen LogP contribution in [0.1, 0.15) is 10.4 Å². The zero-order valence-corrected chi connectivity index (χ0v) is 8.62. The number of nitrogens with one attached hydrogen (secondary N) is 1. The van der Waals surface area contributed by atoms with Gasteiger partial charge in [-0.3, -0.25) is 0 Å². The Morgan fingerprint density at radius 2 is 2.00 bits per heavy atom. The number of hydrogen-bond donors (Lipinski definition) is 2. The van der Waals surface area contributed by atoms with Crippen molar-refractivity contribution >= 4 is 17.7 Å². The van der Waals surface area contributed by atoms with E-state index >= 15 is 0 Å². The lowest BCUT2D eigenvalue weighted by Crippen LogP contribution is -1.91. The third kappa shape index (κ3) is 2.41. The molecule has 0 aliphatic heterocycles. The number of carboxylic acids is 1. The van der Waals surface area contributed by atoms with E-state index in [2.05, 4.69) is 4.98 Å². The Kier molecular flexibility index (Phi) is 2.78. The zero-order chi connectivity index (χ0) is 10.7. The van der Waals surface area contributed by atoms with Gasteiger partial charge in [0.1, 0.15) is 0 Å². The fourth-order valence-electron chi connectivity index (χ4n) is 1.17. The summed E-state index contributed by atoms with van der Waals surface area (Å²) in [6, 6.07) is 11.4. The number of benzene rings is 1. The van der Waals surface area contributed by atoms with E-state index in [1.54, 1.807) is 6.07 Å². The van der Waals surface area contributed by atoms with Crippen molar-refractivity contribution in [1.82, 2.24) is 4.98 Å². The summed E-state index contributed by atoms with van der Waals surface area (Å²) in [7, 11) is 0. The molecule has 0 saturated heterocycles. The van der Waals surface area contributed by atoms with Crippen molar-refractivity contribution in [2.24, 2.45) is 0 Å². The Balaban J connectivity index is 2.15. The number of aromatic carboxylic acids is 1. The van der Waals surface area contributed by atoms with Crippen molar-refractivity contribution in [2.45, 2.75) is 9.92 Å².